The molecule has 1 aromatic heterocycles. The summed E-state index contributed by atoms with van der Waals surface area (Å²) in [5.41, 5.74) is 5.69. The minimum absolute atomic E-state index is 0.103. The number of fused-ring (bicyclic) bond motifs is 1. The first-order chi connectivity index (χ1) is 8.49. The lowest BCUT2D eigenvalue weighted by atomic mass is 10.2. The smallest absolute Gasteiger partial charge is 0.356 e. The maximum absolute atomic E-state index is 11.7. The van der Waals surface area contributed by atoms with E-state index in [4.69, 9.17) is 17.3 Å². The van der Waals surface area contributed by atoms with Gasteiger partial charge in [-0.1, -0.05) is 27.5 Å². The zero-order valence-electron chi connectivity index (χ0n) is 9.00. The van der Waals surface area contributed by atoms with E-state index in [0.717, 1.165) is 4.47 Å². The van der Waals surface area contributed by atoms with Crippen molar-refractivity contribution in [3.63, 3.8) is 0 Å². The van der Waals surface area contributed by atoms with Crippen LogP contribution in [0.15, 0.2) is 22.7 Å². The van der Waals surface area contributed by atoms with Gasteiger partial charge in [-0.25, -0.2) is 4.79 Å². The fourth-order valence-corrected chi connectivity index (χ4v) is 2.12. The van der Waals surface area contributed by atoms with Gasteiger partial charge in [0.05, 0.1) is 5.02 Å². The highest BCUT2D eigenvalue weighted by molar-refractivity contribution is 9.10. The molecule has 0 saturated carbocycles. The van der Waals surface area contributed by atoms with Crippen molar-refractivity contribution < 1.29 is 14.3 Å². The molecule has 0 spiro atoms. The van der Waals surface area contributed by atoms with Crippen LogP contribution in [0.5, 0.6) is 0 Å². The standard InChI is InChI=1S/C11H8BrClN2O3/c12-5-1-2-7-6(3-5)9(13)10(15-7)11(17)18-4-8(14)16/h1-3,15H,4H2,(H2,14,16). The van der Waals surface area contributed by atoms with Crippen molar-refractivity contribution in [2.45, 2.75) is 0 Å². The highest BCUT2D eigenvalue weighted by atomic mass is 79.9. The van der Waals surface area contributed by atoms with E-state index in [1.807, 2.05) is 6.07 Å². The van der Waals surface area contributed by atoms with Gasteiger partial charge in [-0.3, -0.25) is 4.79 Å². The van der Waals surface area contributed by atoms with E-state index in [0.29, 0.717) is 10.9 Å². The number of primary amides is 1. The van der Waals surface area contributed by atoms with Crippen molar-refractivity contribution in [2.75, 3.05) is 6.61 Å². The number of hydrogen-bond donors (Lipinski definition) is 2. The summed E-state index contributed by atoms with van der Waals surface area (Å²) in [5, 5.41) is 0.942. The van der Waals surface area contributed by atoms with E-state index in [2.05, 4.69) is 25.7 Å². The third-order valence-corrected chi connectivity index (χ3v) is 3.13. The zero-order chi connectivity index (χ0) is 13.3. The number of benzene rings is 1. The second-order valence-electron chi connectivity index (χ2n) is 3.55. The Morgan fingerprint density at radius 3 is 2.83 bits per heavy atom. The molecule has 18 heavy (non-hydrogen) atoms. The first-order valence-electron chi connectivity index (χ1n) is 4.91. The van der Waals surface area contributed by atoms with Gasteiger partial charge in [0.15, 0.2) is 6.61 Å². The fourth-order valence-electron chi connectivity index (χ4n) is 1.48. The van der Waals surface area contributed by atoms with Gasteiger partial charge in [-0.2, -0.15) is 0 Å². The molecular weight excluding hydrogens is 323 g/mol. The van der Waals surface area contributed by atoms with E-state index < -0.39 is 18.5 Å². The molecule has 0 atom stereocenters. The van der Waals surface area contributed by atoms with Crippen LogP contribution in [-0.2, 0) is 9.53 Å². The summed E-state index contributed by atoms with van der Waals surface area (Å²) in [7, 11) is 0. The molecule has 0 aliphatic rings. The first kappa shape index (κ1) is 12.9. The SMILES string of the molecule is NC(=O)COC(=O)c1[nH]c2ccc(Br)cc2c1Cl. The molecular formula is C11H8BrClN2O3. The lowest BCUT2D eigenvalue weighted by molar-refractivity contribution is -0.121. The predicted molar refractivity (Wildman–Crippen MR) is 70.5 cm³/mol. The highest BCUT2D eigenvalue weighted by Gasteiger charge is 2.18. The predicted octanol–water partition coefficient (Wildman–Crippen LogP) is 2.23. The lowest BCUT2D eigenvalue weighted by Gasteiger charge is -2.00. The second-order valence-corrected chi connectivity index (χ2v) is 4.84. The number of carbonyl (C=O) groups excluding carboxylic acids is 2. The van der Waals surface area contributed by atoms with Crippen LogP contribution in [-0.4, -0.2) is 23.5 Å². The number of aromatic amines is 1. The van der Waals surface area contributed by atoms with Crippen molar-refractivity contribution in [1.82, 2.24) is 4.98 Å². The number of nitrogens with one attached hydrogen (secondary N) is 1. The Kier molecular flexibility index (Phi) is 3.58. The molecule has 3 N–H and O–H groups in total. The van der Waals surface area contributed by atoms with Gasteiger partial charge >= 0.3 is 5.97 Å². The van der Waals surface area contributed by atoms with Crippen LogP contribution in [0.3, 0.4) is 0 Å². The second kappa shape index (κ2) is 4.99. The number of carbonyl (C=O) groups is 2. The summed E-state index contributed by atoms with van der Waals surface area (Å²) in [6.45, 7) is -0.478. The van der Waals surface area contributed by atoms with E-state index in [1.54, 1.807) is 12.1 Å². The van der Waals surface area contributed by atoms with Gasteiger partial charge in [0, 0.05) is 15.4 Å². The molecule has 1 aromatic carbocycles. The van der Waals surface area contributed by atoms with E-state index in [9.17, 15) is 9.59 Å². The Labute approximate surface area is 115 Å². The summed E-state index contributed by atoms with van der Waals surface area (Å²) in [4.78, 5) is 25.0. The molecule has 0 aliphatic carbocycles. The molecule has 7 heteroatoms. The number of halogens is 2. The Hall–Kier alpha value is -1.53. The number of rotatable bonds is 3. The van der Waals surface area contributed by atoms with Crippen molar-refractivity contribution in [3.05, 3.63) is 33.4 Å². The van der Waals surface area contributed by atoms with E-state index in [-0.39, 0.29) is 10.7 Å². The van der Waals surface area contributed by atoms with E-state index >= 15 is 0 Å². The number of nitrogens with two attached hydrogens (primary N) is 1. The van der Waals surface area contributed by atoms with Gasteiger partial charge in [-0.05, 0) is 18.2 Å². The number of hydrogen-bond acceptors (Lipinski definition) is 3. The van der Waals surface area contributed by atoms with Gasteiger partial charge < -0.3 is 15.5 Å². The lowest BCUT2D eigenvalue weighted by Crippen LogP contribution is -2.21. The van der Waals surface area contributed by atoms with Crippen LogP contribution >= 0.6 is 27.5 Å². The number of ether oxygens (including phenoxy) is 1. The third kappa shape index (κ3) is 2.49. The van der Waals surface area contributed by atoms with E-state index in [1.165, 1.54) is 0 Å². The highest BCUT2D eigenvalue weighted by Crippen LogP contribution is 2.30. The quantitative estimate of drug-likeness (QED) is 0.846. The summed E-state index contributed by atoms with van der Waals surface area (Å²) in [6, 6.07) is 5.36. The first-order valence-corrected chi connectivity index (χ1v) is 6.08. The Bertz CT molecular complexity index is 638. The van der Waals surface area contributed by atoms with Gasteiger partial charge in [0.2, 0.25) is 0 Å². The zero-order valence-corrected chi connectivity index (χ0v) is 11.3. The average molecular weight is 332 g/mol. The van der Waals surface area contributed by atoms with Crippen molar-refractivity contribution in [1.29, 1.82) is 0 Å². The Morgan fingerprint density at radius 1 is 1.44 bits per heavy atom. The largest absolute Gasteiger partial charge is 0.451 e. The average Bonchev–Trinajstić information content (AvgIpc) is 2.64. The number of esters is 1. The maximum Gasteiger partial charge on any atom is 0.356 e. The summed E-state index contributed by atoms with van der Waals surface area (Å²) in [5.74, 6) is -1.44. The fraction of sp³-hybridized carbons (Fsp3) is 0.0909. The maximum atomic E-state index is 11.7. The molecule has 0 unspecified atom stereocenters. The van der Waals surface area contributed by atoms with Gasteiger partial charge in [0.25, 0.3) is 5.91 Å². The molecule has 1 heterocycles. The van der Waals surface area contributed by atoms with Crippen LogP contribution in [0.1, 0.15) is 10.5 Å². The molecule has 1 amide bonds. The van der Waals surface area contributed by atoms with Crippen molar-refractivity contribution in [2.24, 2.45) is 5.73 Å². The van der Waals surface area contributed by atoms with Crippen LogP contribution in [0.25, 0.3) is 10.9 Å². The van der Waals surface area contributed by atoms with Crippen LogP contribution in [0.4, 0.5) is 0 Å². The number of amides is 1. The summed E-state index contributed by atoms with van der Waals surface area (Å²) < 4.78 is 5.53. The Balaban J connectivity index is 2.36. The normalized spacial score (nSPS) is 10.6. The minimum atomic E-state index is -0.724. The van der Waals surface area contributed by atoms with Crippen LogP contribution < -0.4 is 5.73 Å². The molecule has 2 aromatic rings. The van der Waals surface area contributed by atoms with Crippen molar-refractivity contribution in [3.8, 4) is 0 Å². The minimum Gasteiger partial charge on any atom is -0.451 e. The number of aromatic nitrogens is 1. The molecule has 5 nitrogen and oxygen atoms in total. The number of H-pyrrole nitrogens is 1. The topological polar surface area (TPSA) is 85.2 Å². The molecule has 94 valence electrons. The summed E-state index contributed by atoms with van der Waals surface area (Å²) >= 11 is 9.38. The summed E-state index contributed by atoms with van der Waals surface area (Å²) in [6.07, 6.45) is 0. The molecule has 0 fully saturated rings. The molecule has 0 radical (unpaired) electrons. The van der Waals surface area contributed by atoms with Crippen LogP contribution in [0.2, 0.25) is 5.02 Å². The van der Waals surface area contributed by atoms with Crippen molar-refractivity contribution >= 4 is 50.3 Å². The molecule has 0 saturated heterocycles. The molecule has 0 aliphatic heterocycles. The van der Waals surface area contributed by atoms with Crippen LogP contribution in [0, 0.1) is 0 Å². The molecule has 0 bridgehead atoms. The third-order valence-electron chi connectivity index (χ3n) is 2.25. The molecule has 2 rings (SSSR count). The Morgan fingerprint density at radius 2 is 2.17 bits per heavy atom. The van der Waals surface area contributed by atoms with Gasteiger partial charge in [0.1, 0.15) is 5.69 Å². The van der Waals surface area contributed by atoms with Gasteiger partial charge in [-0.15, -0.1) is 0 Å². The monoisotopic (exact) mass is 330 g/mol.